The van der Waals surface area contributed by atoms with Gasteiger partial charge in [-0.15, -0.1) is 0 Å². The fraction of sp³-hybridized carbons (Fsp3) is 0.667. The number of rotatable bonds is 8. The van der Waals surface area contributed by atoms with E-state index in [0.717, 1.165) is 93.1 Å². The molecule has 0 spiro atoms. The van der Waals surface area contributed by atoms with Gasteiger partial charge < -0.3 is 9.47 Å². The van der Waals surface area contributed by atoms with Crippen molar-refractivity contribution < 1.29 is 46.7 Å². The maximum Gasteiger partial charge on any atom is 0.314 e. The van der Waals surface area contributed by atoms with Gasteiger partial charge in [-0.1, -0.05) is 65.2 Å². The predicted molar refractivity (Wildman–Crippen MR) is 195 cm³/mol. The molecule has 0 bridgehead atoms. The lowest BCUT2D eigenvalue weighted by atomic mass is 9.73. The summed E-state index contributed by atoms with van der Waals surface area (Å²) in [6, 6.07) is 4.65. The highest BCUT2D eigenvalue weighted by atomic mass is 19.2. The van der Waals surface area contributed by atoms with Gasteiger partial charge in [-0.25, -0.2) is 22.0 Å². The molecule has 0 saturated heterocycles. The van der Waals surface area contributed by atoms with Crippen LogP contribution in [0.15, 0.2) is 30.3 Å². The Morgan fingerprint density at radius 3 is 1.25 bits per heavy atom. The first kappa shape index (κ1) is 39.2. The summed E-state index contributed by atoms with van der Waals surface area (Å²) >= 11 is 0. The molecule has 4 nitrogen and oxygen atoms in total. The highest BCUT2D eigenvalue weighted by Crippen LogP contribution is 2.40. The number of carbonyl (C=O) groups excluding carboxylic acids is 2. The second-order valence-corrected chi connectivity index (χ2v) is 16.3. The lowest BCUT2D eigenvalue weighted by Crippen LogP contribution is -2.27. The molecule has 290 valence electrons. The molecular formula is C42H63F5O4. The van der Waals surface area contributed by atoms with Crippen LogP contribution in [0.3, 0.4) is 0 Å². The molecule has 0 amide bonds. The summed E-state index contributed by atoms with van der Waals surface area (Å²) in [5.74, 6) is -2.67. The second kappa shape index (κ2) is 18.7. The standard InChI is InChI=1S/C21H27F3O2.C21H28F2O2.4H2/c1-13-2-4-14(5-3-13)10-15-6-8-16(9-7-15)21(25)26-17-11-18(22)20(24)19(23)12-17;1-14-2-4-15(5-3-14)12-16-6-8-17(9-7-16)21(24)25-18-10-11-19(22)20(23)13-18;;;;/h11-16H,2-10H2,1H3;10-11,13-17H,2-9,12H2,1H3;4*1H. The summed E-state index contributed by atoms with van der Waals surface area (Å²) in [5.41, 5.74) is 0. The van der Waals surface area contributed by atoms with E-state index in [1.807, 2.05) is 0 Å². The molecule has 51 heavy (non-hydrogen) atoms. The minimum absolute atomic E-state index is 0. The largest absolute Gasteiger partial charge is 0.426 e. The van der Waals surface area contributed by atoms with Gasteiger partial charge in [0.1, 0.15) is 11.5 Å². The maximum atomic E-state index is 13.2. The van der Waals surface area contributed by atoms with Crippen LogP contribution >= 0.6 is 0 Å². The fourth-order valence-corrected chi connectivity index (χ4v) is 8.87. The highest BCUT2D eigenvalue weighted by Gasteiger charge is 2.32. The van der Waals surface area contributed by atoms with Crippen LogP contribution in [0.4, 0.5) is 22.0 Å². The van der Waals surface area contributed by atoms with E-state index < -0.39 is 35.1 Å². The second-order valence-electron chi connectivity index (χ2n) is 16.3. The lowest BCUT2D eigenvalue weighted by Gasteiger charge is -2.32. The fourth-order valence-electron chi connectivity index (χ4n) is 8.87. The van der Waals surface area contributed by atoms with Crippen LogP contribution in [-0.4, -0.2) is 11.9 Å². The van der Waals surface area contributed by atoms with Gasteiger partial charge in [0.25, 0.3) is 0 Å². The van der Waals surface area contributed by atoms with Crippen molar-refractivity contribution in [2.45, 2.75) is 129 Å². The van der Waals surface area contributed by atoms with Crippen molar-refractivity contribution in [1.82, 2.24) is 0 Å². The molecule has 4 aliphatic rings. The zero-order chi connectivity index (χ0) is 36.5. The molecule has 0 N–H and O–H groups in total. The first-order chi connectivity index (χ1) is 24.4. The van der Waals surface area contributed by atoms with Gasteiger partial charge >= 0.3 is 11.9 Å². The van der Waals surface area contributed by atoms with E-state index in [-0.39, 0.29) is 35.0 Å². The van der Waals surface area contributed by atoms with Crippen molar-refractivity contribution in [2.24, 2.45) is 47.3 Å². The van der Waals surface area contributed by atoms with Crippen LogP contribution in [-0.2, 0) is 9.59 Å². The molecule has 2 aromatic rings. The maximum absolute atomic E-state index is 13.2. The van der Waals surface area contributed by atoms with Gasteiger partial charge in [-0.3, -0.25) is 9.59 Å². The van der Waals surface area contributed by atoms with Crippen molar-refractivity contribution in [3.8, 4) is 11.5 Å². The minimum atomic E-state index is -1.55. The Morgan fingerprint density at radius 1 is 0.510 bits per heavy atom. The highest BCUT2D eigenvalue weighted by molar-refractivity contribution is 5.75. The summed E-state index contributed by atoms with van der Waals surface area (Å²) in [6.07, 6.45) is 20.6. The lowest BCUT2D eigenvalue weighted by molar-refractivity contribution is -0.141. The zero-order valence-electron chi connectivity index (χ0n) is 30.3. The van der Waals surface area contributed by atoms with E-state index in [4.69, 9.17) is 9.47 Å². The summed E-state index contributed by atoms with van der Waals surface area (Å²) in [5, 5.41) is 0. The number of halogens is 5. The van der Waals surface area contributed by atoms with Gasteiger partial charge in [0, 0.05) is 23.9 Å². The average molecular weight is 727 g/mol. The average Bonchev–Trinajstić information content (AvgIpc) is 3.11. The molecule has 0 heterocycles. The molecular weight excluding hydrogens is 663 g/mol. The summed E-state index contributed by atoms with van der Waals surface area (Å²) in [6.45, 7) is 4.67. The third kappa shape index (κ3) is 11.8. The molecule has 0 unspecified atom stereocenters. The normalized spacial score (nSPS) is 29.7. The first-order valence-corrected chi connectivity index (χ1v) is 19.5. The van der Waals surface area contributed by atoms with E-state index >= 15 is 0 Å². The van der Waals surface area contributed by atoms with Gasteiger partial charge in [-0.05, 0) is 112 Å². The van der Waals surface area contributed by atoms with Crippen molar-refractivity contribution in [3.05, 3.63) is 59.4 Å². The topological polar surface area (TPSA) is 52.6 Å². The Balaban J connectivity index is 0.000000513. The van der Waals surface area contributed by atoms with E-state index in [9.17, 15) is 31.5 Å². The molecule has 0 atom stereocenters. The number of esters is 2. The smallest absolute Gasteiger partial charge is 0.314 e. The molecule has 0 aliphatic heterocycles. The zero-order valence-corrected chi connectivity index (χ0v) is 30.3. The number of ether oxygens (including phenoxy) is 2. The molecule has 0 aromatic heterocycles. The van der Waals surface area contributed by atoms with E-state index in [0.29, 0.717) is 18.1 Å². The van der Waals surface area contributed by atoms with Gasteiger partial charge in [0.05, 0.1) is 11.8 Å². The van der Waals surface area contributed by atoms with E-state index in [1.165, 1.54) is 70.3 Å². The molecule has 6 rings (SSSR count). The van der Waals surface area contributed by atoms with Gasteiger partial charge in [0.2, 0.25) is 0 Å². The predicted octanol–water partition coefficient (Wildman–Crippen LogP) is 12.9. The van der Waals surface area contributed by atoms with Crippen LogP contribution in [0, 0.1) is 76.4 Å². The van der Waals surface area contributed by atoms with Crippen molar-refractivity contribution in [3.63, 3.8) is 0 Å². The Bertz CT molecular complexity index is 1430. The number of hydrogen-bond donors (Lipinski definition) is 0. The van der Waals surface area contributed by atoms with E-state index in [1.54, 1.807) is 0 Å². The Morgan fingerprint density at radius 2 is 0.863 bits per heavy atom. The van der Waals surface area contributed by atoms with Crippen molar-refractivity contribution in [1.29, 1.82) is 0 Å². The molecule has 4 aliphatic carbocycles. The summed E-state index contributed by atoms with van der Waals surface area (Å²) in [4.78, 5) is 24.5. The number of benzene rings is 2. The quantitative estimate of drug-likeness (QED) is 0.118. The minimum Gasteiger partial charge on any atom is -0.426 e. The van der Waals surface area contributed by atoms with Gasteiger partial charge in [0.15, 0.2) is 29.1 Å². The van der Waals surface area contributed by atoms with Crippen LogP contribution in [0.2, 0.25) is 0 Å². The molecule has 4 fully saturated rings. The van der Waals surface area contributed by atoms with Crippen molar-refractivity contribution in [2.75, 3.05) is 0 Å². The number of carbonyl (C=O) groups is 2. The Labute approximate surface area is 306 Å². The molecule has 4 saturated carbocycles. The van der Waals surface area contributed by atoms with Crippen LogP contribution in [0.5, 0.6) is 11.5 Å². The van der Waals surface area contributed by atoms with Gasteiger partial charge in [-0.2, -0.15) is 0 Å². The van der Waals surface area contributed by atoms with E-state index in [2.05, 4.69) is 13.8 Å². The summed E-state index contributed by atoms with van der Waals surface area (Å²) < 4.78 is 75.9. The van der Waals surface area contributed by atoms with Crippen LogP contribution < -0.4 is 9.47 Å². The Hall–Kier alpha value is -2.97. The first-order valence-electron chi connectivity index (χ1n) is 19.5. The third-order valence-electron chi connectivity index (χ3n) is 12.2. The van der Waals surface area contributed by atoms with Crippen LogP contribution in [0.1, 0.15) is 135 Å². The molecule has 9 heteroatoms. The SMILES string of the molecule is CC1CCC(CC2CCC(C(=O)Oc3cc(F)c(F)c(F)c3)CC2)CC1.CC1CCC(CC2CCC(C(=O)Oc3ccc(F)c(F)c3)CC2)CC1.[HH].[HH].[HH].[HH]. The van der Waals surface area contributed by atoms with Crippen LogP contribution in [0.25, 0.3) is 0 Å². The monoisotopic (exact) mass is 726 g/mol. The van der Waals surface area contributed by atoms with Crippen molar-refractivity contribution >= 4 is 11.9 Å². The summed E-state index contributed by atoms with van der Waals surface area (Å²) in [7, 11) is 0. The Kier molecular flexibility index (Phi) is 14.4. The third-order valence-corrected chi connectivity index (χ3v) is 12.2. The molecule has 2 aromatic carbocycles. The number of hydrogen-bond acceptors (Lipinski definition) is 4. The molecule has 0 radical (unpaired) electrons.